The largest absolute Gasteiger partial charge is 0.416 e. The number of nitrogens with one attached hydrogen (secondary N) is 1. The summed E-state index contributed by atoms with van der Waals surface area (Å²) in [6, 6.07) is 2.51. The molecular weight excluding hydrogens is 239 g/mol. The van der Waals surface area contributed by atoms with Crippen LogP contribution in [0.4, 0.5) is 18.9 Å². The molecule has 0 radical (unpaired) electrons. The lowest BCUT2D eigenvalue weighted by molar-refractivity contribution is -0.138. The molecule has 1 aromatic carbocycles. The Bertz CT molecular complexity index is 414. The van der Waals surface area contributed by atoms with Crippen LogP contribution in [0.15, 0.2) is 12.1 Å². The van der Waals surface area contributed by atoms with Gasteiger partial charge in [0.15, 0.2) is 0 Å². The lowest BCUT2D eigenvalue weighted by atomic mass is 9.94. The van der Waals surface area contributed by atoms with Crippen molar-refractivity contribution in [1.29, 1.82) is 0 Å². The highest BCUT2D eigenvalue weighted by Crippen LogP contribution is 2.41. The van der Waals surface area contributed by atoms with Gasteiger partial charge in [0.1, 0.15) is 0 Å². The number of fused-ring (bicyclic) bond motifs is 1. The fourth-order valence-electron chi connectivity index (χ4n) is 1.98. The molecule has 0 spiro atoms. The van der Waals surface area contributed by atoms with E-state index in [1.54, 1.807) is 0 Å². The van der Waals surface area contributed by atoms with Gasteiger partial charge < -0.3 is 5.32 Å². The van der Waals surface area contributed by atoms with Gasteiger partial charge >= 0.3 is 6.18 Å². The number of alkyl halides is 3. The van der Waals surface area contributed by atoms with E-state index in [0.29, 0.717) is 23.6 Å². The van der Waals surface area contributed by atoms with Gasteiger partial charge in [-0.3, -0.25) is 0 Å². The minimum Gasteiger partial charge on any atom is -0.381 e. The maximum absolute atomic E-state index is 12.7. The van der Waals surface area contributed by atoms with Crippen molar-refractivity contribution in [2.75, 3.05) is 5.32 Å². The molecule has 1 atom stereocenters. The van der Waals surface area contributed by atoms with E-state index in [9.17, 15) is 13.2 Å². The maximum atomic E-state index is 12.7. The Kier molecular flexibility index (Phi) is 2.78. The molecule has 88 valence electrons. The van der Waals surface area contributed by atoms with Crippen LogP contribution in [0.5, 0.6) is 0 Å². The Hall–Kier alpha value is -0.900. The summed E-state index contributed by atoms with van der Waals surface area (Å²) in [7, 11) is 0. The average molecular weight is 250 g/mol. The van der Waals surface area contributed by atoms with Gasteiger partial charge in [-0.15, -0.1) is 0 Å². The first-order valence-electron chi connectivity index (χ1n) is 5.04. The summed E-state index contributed by atoms with van der Waals surface area (Å²) in [6.45, 7) is 1.93. The van der Waals surface area contributed by atoms with Gasteiger partial charge in [0.05, 0.1) is 16.3 Å². The van der Waals surface area contributed by atoms with E-state index in [1.165, 1.54) is 6.07 Å². The zero-order valence-corrected chi connectivity index (χ0v) is 9.41. The van der Waals surface area contributed by atoms with Crippen LogP contribution in [0.25, 0.3) is 0 Å². The topological polar surface area (TPSA) is 12.0 Å². The van der Waals surface area contributed by atoms with Crippen molar-refractivity contribution in [1.82, 2.24) is 0 Å². The van der Waals surface area contributed by atoms with E-state index in [1.807, 2.05) is 6.92 Å². The van der Waals surface area contributed by atoms with Crippen LogP contribution in [-0.2, 0) is 12.6 Å². The molecule has 1 heterocycles. The van der Waals surface area contributed by atoms with Crippen molar-refractivity contribution in [3.05, 3.63) is 28.3 Å². The summed E-state index contributed by atoms with van der Waals surface area (Å²) in [6.07, 6.45) is -3.20. The maximum Gasteiger partial charge on any atom is 0.416 e. The highest BCUT2D eigenvalue weighted by Gasteiger charge is 2.35. The Balaban J connectivity index is 2.55. The second kappa shape index (κ2) is 3.84. The van der Waals surface area contributed by atoms with Crippen molar-refractivity contribution in [2.24, 2.45) is 0 Å². The number of benzene rings is 1. The molecule has 1 unspecified atom stereocenters. The summed E-state index contributed by atoms with van der Waals surface area (Å²) < 4.78 is 38.2. The monoisotopic (exact) mass is 249 g/mol. The molecule has 1 N–H and O–H groups in total. The van der Waals surface area contributed by atoms with E-state index in [0.717, 1.165) is 6.07 Å². The van der Waals surface area contributed by atoms with Gasteiger partial charge in [0, 0.05) is 6.04 Å². The van der Waals surface area contributed by atoms with E-state index in [-0.39, 0.29) is 11.6 Å². The number of hydrogen-bond acceptors (Lipinski definition) is 1. The molecule has 0 aliphatic carbocycles. The van der Waals surface area contributed by atoms with Crippen LogP contribution in [0, 0.1) is 0 Å². The highest BCUT2D eigenvalue weighted by molar-refractivity contribution is 6.33. The average Bonchev–Trinajstić information content (AvgIpc) is 2.17. The third kappa shape index (κ3) is 1.98. The van der Waals surface area contributed by atoms with E-state index < -0.39 is 11.7 Å². The predicted molar refractivity (Wildman–Crippen MR) is 57.9 cm³/mol. The number of halogens is 4. The molecule has 0 fully saturated rings. The van der Waals surface area contributed by atoms with Crippen LogP contribution in [0.1, 0.15) is 24.5 Å². The summed E-state index contributed by atoms with van der Waals surface area (Å²) in [5.41, 5.74) is 0.152. The first-order chi connectivity index (χ1) is 7.39. The van der Waals surface area contributed by atoms with E-state index in [2.05, 4.69) is 5.32 Å². The number of anilines is 1. The molecule has 1 aliphatic heterocycles. The van der Waals surface area contributed by atoms with E-state index >= 15 is 0 Å². The van der Waals surface area contributed by atoms with Gasteiger partial charge in [-0.05, 0) is 37.5 Å². The molecule has 0 aromatic heterocycles. The van der Waals surface area contributed by atoms with Gasteiger partial charge in [-0.2, -0.15) is 13.2 Å². The quantitative estimate of drug-likeness (QED) is 0.730. The Morgan fingerprint density at radius 1 is 1.38 bits per heavy atom. The zero-order valence-electron chi connectivity index (χ0n) is 8.66. The molecule has 5 heteroatoms. The molecule has 0 amide bonds. The van der Waals surface area contributed by atoms with Crippen LogP contribution in [-0.4, -0.2) is 6.04 Å². The van der Waals surface area contributed by atoms with Crippen molar-refractivity contribution in [2.45, 2.75) is 32.0 Å². The third-order valence-electron chi connectivity index (χ3n) is 2.79. The summed E-state index contributed by atoms with van der Waals surface area (Å²) >= 11 is 5.90. The van der Waals surface area contributed by atoms with Gasteiger partial charge in [-0.1, -0.05) is 11.6 Å². The number of hydrogen-bond donors (Lipinski definition) is 1. The Labute approximate surface area is 96.6 Å². The standard InChI is InChI=1S/C11H11ClF3N/c1-6-2-3-7-8(11(13,14)15)4-5-9(12)10(7)16-6/h4-6,16H,2-3H2,1H3. The van der Waals surface area contributed by atoms with Gasteiger partial charge in [0.2, 0.25) is 0 Å². The third-order valence-corrected chi connectivity index (χ3v) is 3.10. The lowest BCUT2D eigenvalue weighted by Crippen LogP contribution is -2.24. The fourth-order valence-corrected chi connectivity index (χ4v) is 2.21. The second-order valence-corrected chi connectivity index (χ2v) is 4.44. The van der Waals surface area contributed by atoms with Crippen LogP contribution in [0.3, 0.4) is 0 Å². The smallest absolute Gasteiger partial charge is 0.381 e. The van der Waals surface area contributed by atoms with E-state index in [4.69, 9.17) is 11.6 Å². The van der Waals surface area contributed by atoms with Crippen molar-refractivity contribution < 1.29 is 13.2 Å². The van der Waals surface area contributed by atoms with Crippen LogP contribution < -0.4 is 5.32 Å². The molecule has 0 saturated heterocycles. The first-order valence-corrected chi connectivity index (χ1v) is 5.42. The molecular formula is C11H11ClF3N. The predicted octanol–water partition coefficient (Wildman–Crippen LogP) is 4.11. The molecule has 16 heavy (non-hydrogen) atoms. The summed E-state index contributed by atoms with van der Waals surface area (Å²) in [5.74, 6) is 0. The van der Waals surface area contributed by atoms with Crippen molar-refractivity contribution in [3.63, 3.8) is 0 Å². The molecule has 1 aliphatic rings. The van der Waals surface area contributed by atoms with Crippen molar-refractivity contribution >= 4 is 17.3 Å². The molecule has 0 bridgehead atoms. The Morgan fingerprint density at radius 2 is 2.06 bits per heavy atom. The fraction of sp³-hybridized carbons (Fsp3) is 0.455. The second-order valence-electron chi connectivity index (χ2n) is 4.03. The van der Waals surface area contributed by atoms with Crippen LogP contribution in [0.2, 0.25) is 5.02 Å². The minimum absolute atomic E-state index is 0.161. The SMILES string of the molecule is CC1CCc2c(C(F)(F)F)ccc(Cl)c2N1. The molecule has 0 saturated carbocycles. The van der Waals surface area contributed by atoms with Gasteiger partial charge in [-0.25, -0.2) is 0 Å². The molecule has 1 aromatic rings. The highest BCUT2D eigenvalue weighted by atomic mass is 35.5. The number of rotatable bonds is 0. The van der Waals surface area contributed by atoms with Crippen molar-refractivity contribution in [3.8, 4) is 0 Å². The normalized spacial score (nSPS) is 20.2. The molecule has 2 rings (SSSR count). The zero-order chi connectivity index (χ0) is 11.9. The Morgan fingerprint density at radius 3 is 2.69 bits per heavy atom. The molecule has 1 nitrogen and oxygen atoms in total. The minimum atomic E-state index is -4.31. The first kappa shape index (κ1) is 11.6. The summed E-state index contributed by atoms with van der Waals surface area (Å²) in [4.78, 5) is 0. The lowest BCUT2D eigenvalue weighted by Gasteiger charge is -2.27. The summed E-state index contributed by atoms with van der Waals surface area (Å²) in [5, 5.41) is 3.36. The van der Waals surface area contributed by atoms with Crippen LogP contribution >= 0.6 is 11.6 Å². The van der Waals surface area contributed by atoms with Gasteiger partial charge in [0.25, 0.3) is 0 Å².